The molecule has 23 heavy (non-hydrogen) atoms. The smallest absolute Gasteiger partial charge is 0.238 e. The molecular weight excluding hydrogens is 341 g/mol. The van der Waals surface area contributed by atoms with E-state index in [0.29, 0.717) is 28.8 Å². The van der Waals surface area contributed by atoms with Crippen LogP contribution in [0.3, 0.4) is 0 Å². The molecule has 1 aliphatic rings. The van der Waals surface area contributed by atoms with Crippen LogP contribution < -0.4 is 20.5 Å². The Balaban J connectivity index is 0.00000264. The molecule has 1 saturated heterocycles. The van der Waals surface area contributed by atoms with Crippen molar-refractivity contribution in [3.63, 3.8) is 0 Å². The minimum Gasteiger partial charge on any atom is -0.495 e. The Morgan fingerprint density at radius 1 is 1.30 bits per heavy atom. The van der Waals surface area contributed by atoms with E-state index < -0.39 is 0 Å². The van der Waals surface area contributed by atoms with Crippen LogP contribution in [0.5, 0.6) is 11.5 Å². The molecule has 0 unspecified atom stereocenters. The van der Waals surface area contributed by atoms with Gasteiger partial charge in [-0.15, -0.1) is 12.4 Å². The normalized spacial score (nSPS) is 15.7. The van der Waals surface area contributed by atoms with E-state index in [2.05, 4.69) is 10.2 Å². The van der Waals surface area contributed by atoms with Crippen molar-refractivity contribution in [2.75, 3.05) is 39.2 Å². The minimum atomic E-state index is -0.102. The predicted molar refractivity (Wildman–Crippen MR) is 94.1 cm³/mol. The number of anilines is 1. The number of benzene rings is 1. The number of hydrogen-bond acceptors (Lipinski definition) is 5. The number of nitrogens with zero attached hydrogens (tertiary/aromatic N) is 1. The highest BCUT2D eigenvalue weighted by atomic mass is 35.5. The summed E-state index contributed by atoms with van der Waals surface area (Å²) in [7, 11) is 3.06. The van der Waals surface area contributed by atoms with E-state index in [0.717, 1.165) is 25.9 Å². The van der Waals surface area contributed by atoms with Crippen LogP contribution in [0.4, 0.5) is 5.69 Å². The summed E-state index contributed by atoms with van der Waals surface area (Å²) < 4.78 is 10.4. The second-order valence-corrected chi connectivity index (χ2v) is 5.76. The zero-order valence-electron chi connectivity index (χ0n) is 13.3. The molecule has 1 heterocycles. The Morgan fingerprint density at radius 2 is 1.91 bits per heavy atom. The molecule has 3 N–H and O–H groups in total. The van der Waals surface area contributed by atoms with E-state index in [-0.39, 0.29) is 24.4 Å². The van der Waals surface area contributed by atoms with Gasteiger partial charge in [0.25, 0.3) is 0 Å². The number of rotatable bonds is 5. The van der Waals surface area contributed by atoms with Crippen molar-refractivity contribution in [3.05, 3.63) is 17.2 Å². The highest BCUT2D eigenvalue weighted by Gasteiger charge is 2.19. The Hall–Kier alpha value is -1.21. The van der Waals surface area contributed by atoms with Gasteiger partial charge in [0.1, 0.15) is 11.5 Å². The summed E-state index contributed by atoms with van der Waals surface area (Å²) in [4.78, 5) is 14.3. The standard InChI is InChI=1S/C15H22ClN3O3.ClH/c1-21-13-8-14(22-2)12(7-11(13)16)18-15(20)9-19-5-3-10(17)4-6-19;/h7-8,10H,3-6,9,17H2,1-2H3,(H,18,20);1H. The Morgan fingerprint density at radius 3 is 2.48 bits per heavy atom. The SMILES string of the molecule is COc1cc(OC)c(NC(=O)CN2CCC(N)CC2)cc1Cl.Cl. The molecule has 1 aromatic carbocycles. The molecule has 2 rings (SSSR count). The summed E-state index contributed by atoms with van der Waals surface area (Å²) in [5.41, 5.74) is 6.40. The number of amides is 1. The molecule has 1 aliphatic heterocycles. The zero-order valence-corrected chi connectivity index (χ0v) is 14.9. The number of ether oxygens (including phenoxy) is 2. The van der Waals surface area contributed by atoms with Crippen LogP contribution in [0.15, 0.2) is 12.1 Å². The van der Waals surface area contributed by atoms with Crippen molar-refractivity contribution in [2.45, 2.75) is 18.9 Å². The average molecular weight is 364 g/mol. The molecule has 0 spiro atoms. The fraction of sp³-hybridized carbons (Fsp3) is 0.533. The number of methoxy groups -OCH3 is 2. The molecule has 0 aliphatic carbocycles. The first kappa shape index (κ1) is 19.8. The van der Waals surface area contributed by atoms with Gasteiger partial charge in [0, 0.05) is 25.2 Å². The third-order valence-electron chi connectivity index (χ3n) is 3.75. The number of carbonyl (C=O) groups excluding carboxylic acids is 1. The first-order chi connectivity index (χ1) is 10.5. The summed E-state index contributed by atoms with van der Waals surface area (Å²) in [5.74, 6) is 0.909. The molecule has 0 radical (unpaired) electrons. The Bertz CT molecular complexity index is 535. The highest BCUT2D eigenvalue weighted by molar-refractivity contribution is 6.32. The maximum absolute atomic E-state index is 12.2. The Kier molecular flexibility index (Phi) is 7.91. The van der Waals surface area contributed by atoms with E-state index in [4.69, 9.17) is 26.8 Å². The lowest BCUT2D eigenvalue weighted by Crippen LogP contribution is -2.43. The van der Waals surface area contributed by atoms with E-state index in [1.807, 2.05) is 0 Å². The first-order valence-corrected chi connectivity index (χ1v) is 7.60. The lowest BCUT2D eigenvalue weighted by molar-refractivity contribution is -0.117. The van der Waals surface area contributed by atoms with Crippen molar-refractivity contribution < 1.29 is 14.3 Å². The lowest BCUT2D eigenvalue weighted by Gasteiger charge is -2.29. The number of likely N-dealkylation sites (tertiary alicyclic amines) is 1. The first-order valence-electron chi connectivity index (χ1n) is 7.22. The average Bonchev–Trinajstić information content (AvgIpc) is 2.50. The van der Waals surface area contributed by atoms with Crippen LogP contribution in [0.2, 0.25) is 5.02 Å². The number of nitrogens with one attached hydrogen (secondary N) is 1. The minimum absolute atomic E-state index is 0. The second-order valence-electron chi connectivity index (χ2n) is 5.35. The van der Waals surface area contributed by atoms with E-state index >= 15 is 0 Å². The maximum atomic E-state index is 12.2. The monoisotopic (exact) mass is 363 g/mol. The molecule has 6 nitrogen and oxygen atoms in total. The molecule has 130 valence electrons. The molecule has 0 bridgehead atoms. The predicted octanol–water partition coefficient (Wildman–Crippen LogP) is 2.14. The summed E-state index contributed by atoms with van der Waals surface area (Å²) >= 11 is 6.09. The van der Waals surface area contributed by atoms with Crippen molar-refractivity contribution in [1.82, 2.24) is 4.90 Å². The van der Waals surface area contributed by atoms with Gasteiger partial charge in [-0.05, 0) is 18.9 Å². The van der Waals surface area contributed by atoms with E-state index in [9.17, 15) is 4.79 Å². The van der Waals surface area contributed by atoms with Crippen LogP contribution in [0.1, 0.15) is 12.8 Å². The van der Waals surface area contributed by atoms with E-state index in [1.54, 1.807) is 12.1 Å². The van der Waals surface area contributed by atoms with Gasteiger partial charge < -0.3 is 20.5 Å². The highest BCUT2D eigenvalue weighted by Crippen LogP contribution is 2.35. The maximum Gasteiger partial charge on any atom is 0.238 e. The summed E-state index contributed by atoms with van der Waals surface area (Å²) in [6, 6.07) is 3.53. The fourth-order valence-corrected chi connectivity index (χ4v) is 2.70. The third-order valence-corrected chi connectivity index (χ3v) is 4.04. The zero-order chi connectivity index (χ0) is 16.1. The Labute approximate surface area is 147 Å². The molecule has 0 aromatic heterocycles. The van der Waals surface area contributed by atoms with Gasteiger partial charge >= 0.3 is 0 Å². The molecule has 1 aromatic rings. The van der Waals surface area contributed by atoms with Crippen LogP contribution in [0.25, 0.3) is 0 Å². The van der Waals surface area contributed by atoms with E-state index in [1.165, 1.54) is 14.2 Å². The molecule has 8 heteroatoms. The summed E-state index contributed by atoms with van der Waals surface area (Å²) in [5, 5.41) is 3.25. The summed E-state index contributed by atoms with van der Waals surface area (Å²) in [6.45, 7) is 2.02. The number of hydrogen-bond donors (Lipinski definition) is 2. The van der Waals surface area contributed by atoms with Gasteiger partial charge in [-0.2, -0.15) is 0 Å². The van der Waals surface area contributed by atoms with Crippen molar-refractivity contribution in [3.8, 4) is 11.5 Å². The topological polar surface area (TPSA) is 76.8 Å². The molecule has 1 fully saturated rings. The molecule has 0 atom stereocenters. The third kappa shape index (κ3) is 5.42. The largest absolute Gasteiger partial charge is 0.495 e. The number of halogens is 2. The van der Waals surface area contributed by atoms with Crippen molar-refractivity contribution >= 4 is 35.6 Å². The van der Waals surface area contributed by atoms with Crippen molar-refractivity contribution in [2.24, 2.45) is 5.73 Å². The fourth-order valence-electron chi connectivity index (χ4n) is 2.46. The molecular formula is C15H23Cl2N3O3. The van der Waals surface area contributed by atoms with Crippen molar-refractivity contribution in [1.29, 1.82) is 0 Å². The summed E-state index contributed by atoms with van der Waals surface area (Å²) in [6.07, 6.45) is 1.84. The van der Waals surface area contributed by atoms with Gasteiger partial charge in [0.2, 0.25) is 5.91 Å². The lowest BCUT2D eigenvalue weighted by atomic mass is 10.1. The number of nitrogens with two attached hydrogens (primary N) is 1. The van der Waals surface area contributed by atoms with Crippen LogP contribution in [0, 0.1) is 0 Å². The quantitative estimate of drug-likeness (QED) is 0.837. The van der Waals surface area contributed by atoms with Crippen LogP contribution >= 0.6 is 24.0 Å². The van der Waals surface area contributed by atoms with Gasteiger partial charge in [-0.1, -0.05) is 11.6 Å². The molecule has 1 amide bonds. The molecule has 0 saturated carbocycles. The number of carbonyl (C=O) groups is 1. The van der Waals surface area contributed by atoms with Crippen LogP contribution in [-0.2, 0) is 4.79 Å². The van der Waals surface area contributed by atoms with Crippen LogP contribution in [-0.4, -0.2) is 50.7 Å². The van der Waals surface area contributed by atoms with Gasteiger partial charge in [0.15, 0.2) is 0 Å². The number of piperidine rings is 1. The van der Waals surface area contributed by atoms with Gasteiger partial charge in [-0.3, -0.25) is 9.69 Å². The van der Waals surface area contributed by atoms with Gasteiger partial charge in [-0.25, -0.2) is 0 Å². The van der Waals surface area contributed by atoms with Gasteiger partial charge in [0.05, 0.1) is 31.5 Å². The second kappa shape index (κ2) is 9.17.